The van der Waals surface area contributed by atoms with E-state index >= 15 is 0 Å². The molecule has 2 aliphatic rings. The highest BCUT2D eigenvalue weighted by Crippen LogP contribution is 2.26. The molecule has 0 amide bonds. The third-order valence-electron chi connectivity index (χ3n) is 3.90. The van der Waals surface area contributed by atoms with Crippen LogP contribution in [0.5, 0.6) is 0 Å². The van der Waals surface area contributed by atoms with E-state index in [4.69, 9.17) is 0 Å². The molecule has 2 heterocycles. The Morgan fingerprint density at radius 3 is 2.67 bits per heavy atom. The van der Waals surface area contributed by atoms with Gasteiger partial charge in [-0.05, 0) is 46.3 Å². The van der Waals surface area contributed by atoms with E-state index < -0.39 is 10.0 Å². The van der Waals surface area contributed by atoms with Crippen LogP contribution < -0.4 is 5.32 Å². The average molecular weight is 275 g/mol. The number of hydrogen-bond acceptors (Lipinski definition) is 4. The third-order valence-corrected chi connectivity index (χ3v) is 6.28. The van der Waals surface area contributed by atoms with Gasteiger partial charge in [0, 0.05) is 25.7 Å². The Labute approximate surface area is 111 Å². The normalized spacial score (nSPS) is 31.1. The minimum absolute atomic E-state index is 0.173. The van der Waals surface area contributed by atoms with Crippen LogP contribution >= 0.6 is 0 Å². The third kappa shape index (κ3) is 3.04. The average Bonchev–Trinajstić information content (AvgIpc) is 2.78. The number of sulfonamides is 1. The summed E-state index contributed by atoms with van der Waals surface area (Å²) in [6, 6.07) is 0.173. The molecule has 2 atom stereocenters. The lowest BCUT2D eigenvalue weighted by molar-refractivity contribution is 0.287. The van der Waals surface area contributed by atoms with Crippen molar-refractivity contribution in [1.82, 2.24) is 14.5 Å². The second-order valence-corrected chi connectivity index (χ2v) is 7.85. The summed E-state index contributed by atoms with van der Waals surface area (Å²) in [5, 5.41) is 2.99. The van der Waals surface area contributed by atoms with Crippen LogP contribution in [0, 0.1) is 0 Å². The van der Waals surface area contributed by atoms with Gasteiger partial charge in [0.15, 0.2) is 0 Å². The monoisotopic (exact) mass is 275 g/mol. The second-order valence-electron chi connectivity index (χ2n) is 5.68. The number of rotatable bonds is 4. The molecule has 2 saturated heterocycles. The first kappa shape index (κ1) is 14.2. The van der Waals surface area contributed by atoms with E-state index in [1.54, 1.807) is 4.31 Å². The zero-order valence-corrected chi connectivity index (χ0v) is 12.2. The van der Waals surface area contributed by atoms with Crippen molar-refractivity contribution in [3.05, 3.63) is 0 Å². The molecule has 2 aliphatic heterocycles. The van der Waals surface area contributed by atoms with Gasteiger partial charge in [0.1, 0.15) is 0 Å². The molecular formula is C12H25N3O2S. The Kier molecular flexibility index (Phi) is 4.64. The summed E-state index contributed by atoms with van der Waals surface area (Å²) in [6.07, 6.45) is 3.77. The van der Waals surface area contributed by atoms with Gasteiger partial charge in [-0.1, -0.05) is 0 Å². The molecule has 0 aromatic heterocycles. The highest BCUT2D eigenvalue weighted by atomic mass is 32.2. The van der Waals surface area contributed by atoms with Crippen molar-refractivity contribution in [2.75, 3.05) is 40.3 Å². The summed E-state index contributed by atoms with van der Waals surface area (Å²) < 4.78 is 27.1. The van der Waals surface area contributed by atoms with E-state index in [9.17, 15) is 8.42 Å². The minimum Gasteiger partial charge on any atom is -0.315 e. The van der Waals surface area contributed by atoms with E-state index in [2.05, 4.69) is 10.2 Å². The molecule has 0 aliphatic carbocycles. The number of piperidine rings is 1. The minimum atomic E-state index is -3.11. The van der Waals surface area contributed by atoms with Crippen LogP contribution in [0.2, 0.25) is 0 Å². The smallest absolute Gasteiger partial charge is 0.218 e. The van der Waals surface area contributed by atoms with E-state index in [0.717, 1.165) is 38.8 Å². The highest BCUT2D eigenvalue weighted by Gasteiger charge is 2.39. The fourth-order valence-electron chi connectivity index (χ4n) is 3.01. The van der Waals surface area contributed by atoms with Gasteiger partial charge in [-0.15, -0.1) is 0 Å². The molecule has 106 valence electrons. The summed E-state index contributed by atoms with van der Waals surface area (Å²) >= 11 is 0. The fourth-order valence-corrected chi connectivity index (χ4v) is 5.16. The number of nitrogens with one attached hydrogen (secondary N) is 1. The van der Waals surface area contributed by atoms with Crippen molar-refractivity contribution in [3.63, 3.8) is 0 Å². The molecule has 0 radical (unpaired) electrons. The maximum atomic E-state index is 12.6. The topological polar surface area (TPSA) is 52.7 Å². The van der Waals surface area contributed by atoms with Crippen LogP contribution in [0.3, 0.4) is 0 Å². The Morgan fingerprint density at radius 1 is 1.28 bits per heavy atom. The molecule has 6 heteroatoms. The first-order chi connectivity index (χ1) is 8.51. The number of likely N-dealkylation sites (N-methyl/N-ethyl adjacent to an activating group) is 1. The largest absolute Gasteiger partial charge is 0.315 e. The van der Waals surface area contributed by atoms with Gasteiger partial charge in [0.2, 0.25) is 10.0 Å². The second kappa shape index (κ2) is 5.86. The van der Waals surface area contributed by atoms with Crippen molar-refractivity contribution in [3.8, 4) is 0 Å². The molecule has 0 aromatic rings. The fraction of sp³-hybridized carbons (Fsp3) is 1.00. The lowest BCUT2D eigenvalue weighted by atomic mass is 10.2. The Hall–Kier alpha value is -0.170. The first-order valence-corrected chi connectivity index (χ1v) is 8.38. The predicted molar refractivity (Wildman–Crippen MR) is 73.1 cm³/mol. The van der Waals surface area contributed by atoms with Crippen molar-refractivity contribution < 1.29 is 8.42 Å². The quantitative estimate of drug-likeness (QED) is 0.790. The zero-order valence-electron chi connectivity index (χ0n) is 11.4. The summed E-state index contributed by atoms with van der Waals surface area (Å²) in [4.78, 5) is 2.08. The molecule has 2 fully saturated rings. The molecule has 5 nitrogen and oxygen atoms in total. The molecular weight excluding hydrogens is 250 g/mol. The lowest BCUT2D eigenvalue weighted by Gasteiger charge is -2.32. The van der Waals surface area contributed by atoms with Crippen LogP contribution in [0.25, 0.3) is 0 Å². The van der Waals surface area contributed by atoms with Crippen molar-refractivity contribution in [2.24, 2.45) is 0 Å². The standard InChI is InChI=1S/C12H25N3O2S/c1-14(2)10-11-5-4-8-15(11)18(16,17)12-6-3-7-13-9-12/h11-13H,3-10H2,1-2H3. The van der Waals surface area contributed by atoms with E-state index in [0.29, 0.717) is 13.1 Å². The Morgan fingerprint density at radius 2 is 2.06 bits per heavy atom. The Bertz CT molecular complexity index is 364. The van der Waals surface area contributed by atoms with Gasteiger partial charge in [0.05, 0.1) is 5.25 Å². The van der Waals surface area contributed by atoms with E-state index in [1.807, 2.05) is 14.1 Å². The summed E-state index contributed by atoms with van der Waals surface area (Å²) in [7, 11) is 0.898. The van der Waals surface area contributed by atoms with Crippen LogP contribution in [0.4, 0.5) is 0 Å². The lowest BCUT2D eigenvalue weighted by Crippen LogP contribution is -2.49. The van der Waals surface area contributed by atoms with Gasteiger partial charge in [-0.3, -0.25) is 0 Å². The maximum absolute atomic E-state index is 12.6. The predicted octanol–water partition coefficient (Wildman–Crippen LogP) is 0.0942. The number of hydrogen-bond donors (Lipinski definition) is 1. The van der Waals surface area contributed by atoms with Gasteiger partial charge in [0.25, 0.3) is 0 Å². The van der Waals surface area contributed by atoms with Crippen LogP contribution in [-0.4, -0.2) is 69.2 Å². The zero-order chi connectivity index (χ0) is 13.2. The summed E-state index contributed by atoms with van der Waals surface area (Å²) in [5.74, 6) is 0. The highest BCUT2D eigenvalue weighted by molar-refractivity contribution is 7.89. The summed E-state index contributed by atoms with van der Waals surface area (Å²) in [5.41, 5.74) is 0. The van der Waals surface area contributed by atoms with Crippen molar-refractivity contribution in [1.29, 1.82) is 0 Å². The summed E-state index contributed by atoms with van der Waals surface area (Å²) in [6.45, 7) is 3.11. The van der Waals surface area contributed by atoms with Crippen LogP contribution in [0.1, 0.15) is 25.7 Å². The molecule has 2 rings (SSSR count). The van der Waals surface area contributed by atoms with Gasteiger partial charge < -0.3 is 10.2 Å². The molecule has 0 bridgehead atoms. The van der Waals surface area contributed by atoms with Gasteiger partial charge in [-0.25, -0.2) is 8.42 Å². The molecule has 1 N–H and O–H groups in total. The van der Waals surface area contributed by atoms with Gasteiger partial charge in [-0.2, -0.15) is 4.31 Å². The maximum Gasteiger partial charge on any atom is 0.218 e. The van der Waals surface area contributed by atoms with Crippen LogP contribution in [0.15, 0.2) is 0 Å². The molecule has 0 spiro atoms. The van der Waals surface area contributed by atoms with Crippen molar-refractivity contribution in [2.45, 2.75) is 37.0 Å². The SMILES string of the molecule is CN(C)CC1CCCN1S(=O)(=O)C1CCCNC1. The molecule has 18 heavy (non-hydrogen) atoms. The number of nitrogens with zero attached hydrogens (tertiary/aromatic N) is 2. The first-order valence-electron chi connectivity index (χ1n) is 6.88. The van der Waals surface area contributed by atoms with Crippen molar-refractivity contribution >= 4 is 10.0 Å². The Balaban J connectivity index is 2.07. The molecule has 0 saturated carbocycles. The van der Waals surface area contributed by atoms with E-state index in [1.165, 1.54) is 0 Å². The van der Waals surface area contributed by atoms with Gasteiger partial charge >= 0.3 is 0 Å². The van der Waals surface area contributed by atoms with E-state index in [-0.39, 0.29) is 11.3 Å². The molecule has 2 unspecified atom stereocenters. The van der Waals surface area contributed by atoms with Crippen LogP contribution in [-0.2, 0) is 10.0 Å². The molecule has 0 aromatic carbocycles.